The minimum atomic E-state index is 0.612. The van der Waals surface area contributed by atoms with Gasteiger partial charge in [-0.1, -0.05) is 6.92 Å². The van der Waals surface area contributed by atoms with Crippen molar-refractivity contribution in [3.05, 3.63) is 11.6 Å². The van der Waals surface area contributed by atoms with E-state index in [2.05, 4.69) is 21.7 Å². The fourth-order valence-corrected chi connectivity index (χ4v) is 1.92. The van der Waals surface area contributed by atoms with Gasteiger partial charge in [-0.25, -0.2) is 0 Å². The van der Waals surface area contributed by atoms with Gasteiger partial charge in [-0.05, 0) is 18.9 Å². The van der Waals surface area contributed by atoms with Crippen LogP contribution in [0.25, 0.3) is 0 Å². The molecule has 0 radical (unpaired) electrons. The Kier molecular flexibility index (Phi) is 2.31. The second kappa shape index (κ2) is 3.46. The summed E-state index contributed by atoms with van der Waals surface area (Å²) >= 11 is 0. The predicted molar refractivity (Wildman–Crippen MR) is 50.3 cm³/mol. The van der Waals surface area contributed by atoms with E-state index in [9.17, 15) is 0 Å². The highest BCUT2D eigenvalue weighted by Crippen LogP contribution is 2.19. The summed E-state index contributed by atoms with van der Waals surface area (Å²) in [5.41, 5.74) is 5.64. The number of aryl methyl sites for hydroxylation is 1. The molecule has 1 aromatic rings. The summed E-state index contributed by atoms with van der Waals surface area (Å²) in [4.78, 5) is 0. The first kappa shape index (κ1) is 8.69. The van der Waals surface area contributed by atoms with Gasteiger partial charge >= 0.3 is 0 Å². The first-order chi connectivity index (χ1) is 6.35. The number of fused-ring (bicyclic) bond motifs is 1. The Hall–Kier alpha value is -0.900. The maximum Gasteiger partial charge on any atom is 0.133 e. The first-order valence-corrected chi connectivity index (χ1v) is 4.96. The van der Waals surface area contributed by atoms with Crippen LogP contribution in [0.1, 0.15) is 25.0 Å². The van der Waals surface area contributed by atoms with Crippen molar-refractivity contribution in [1.29, 1.82) is 0 Å². The molecule has 1 aliphatic rings. The van der Waals surface area contributed by atoms with Crippen LogP contribution in [-0.2, 0) is 19.4 Å². The van der Waals surface area contributed by atoms with Crippen LogP contribution in [0.15, 0.2) is 0 Å². The third-order valence-electron chi connectivity index (χ3n) is 2.79. The average Bonchev–Trinajstić information content (AvgIpc) is 2.59. The lowest BCUT2D eigenvalue weighted by molar-refractivity contribution is 0.384. The van der Waals surface area contributed by atoms with Crippen LogP contribution in [0, 0.1) is 5.92 Å². The van der Waals surface area contributed by atoms with Crippen molar-refractivity contribution in [3.8, 4) is 0 Å². The number of rotatable bonds is 2. The predicted octanol–water partition coefficient (Wildman–Crippen LogP) is 0.362. The van der Waals surface area contributed by atoms with Gasteiger partial charge in [-0.3, -0.25) is 0 Å². The average molecular weight is 180 g/mol. The highest BCUT2D eigenvalue weighted by atomic mass is 15.3. The van der Waals surface area contributed by atoms with E-state index in [-0.39, 0.29) is 0 Å². The fraction of sp³-hybridized carbons (Fsp3) is 0.778. The zero-order valence-corrected chi connectivity index (χ0v) is 8.03. The zero-order valence-electron chi connectivity index (χ0n) is 8.03. The Morgan fingerprint density at radius 3 is 3.08 bits per heavy atom. The quantitative estimate of drug-likeness (QED) is 0.715. The summed E-state index contributed by atoms with van der Waals surface area (Å²) in [5, 5.41) is 8.34. The molecule has 0 saturated heterocycles. The van der Waals surface area contributed by atoms with E-state index < -0.39 is 0 Å². The molecular weight excluding hydrogens is 164 g/mol. The molecule has 4 nitrogen and oxygen atoms in total. The standard InChI is InChI=1S/C9H16N4/c1-2-8-11-12-9-5-7(6-10)3-4-13(8)9/h7H,2-6,10H2,1H3/t7-/m1/s1. The molecule has 2 heterocycles. The van der Waals surface area contributed by atoms with Crippen molar-refractivity contribution >= 4 is 0 Å². The molecule has 0 fully saturated rings. The van der Waals surface area contributed by atoms with Gasteiger partial charge in [0.2, 0.25) is 0 Å². The number of nitrogens with zero attached hydrogens (tertiary/aromatic N) is 3. The van der Waals surface area contributed by atoms with Crippen molar-refractivity contribution in [3.63, 3.8) is 0 Å². The van der Waals surface area contributed by atoms with E-state index in [4.69, 9.17) is 5.73 Å². The molecular formula is C9H16N4. The molecule has 2 rings (SSSR count). The van der Waals surface area contributed by atoms with Gasteiger partial charge in [0.1, 0.15) is 11.6 Å². The SMILES string of the molecule is CCc1nnc2n1CC[C@@H](CN)C2. The van der Waals surface area contributed by atoms with Crippen molar-refractivity contribution in [2.75, 3.05) is 6.54 Å². The molecule has 0 amide bonds. The summed E-state index contributed by atoms with van der Waals surface area (Å²) in [6, 6.07) is 0. The maximum absolute atomic E-state index is 5.64. The second-order valence-electron chi connectivity index (χ2n) is 3.63. The van der Waals surface area contributed by atoms with E-state index >= 15 is 0 Å². The molecule has 0 spiro atoms. The van der Waals surface area contributed by atoms with Gasteiger partial charge in [0.05, 0.1) is 0 Å². The van der Waals surface area contributed by atoms with E-state index in [1.807, 2.05) is 0 Å². The molecule has 0 saturated carbocycles. The van der Waals surface area contributed by atoms with E-state index in [1.165, 1.54) is 6.42 Å². The Morgan fingerprint density at radius 1 is 1.54 bits per heavy atom. The third kappa shape index (κ3) is 1.46. The van der Waals surface area contributed by atoms with Gasteiger partial charge in [0, 0.05) is 19.4 Å². The monoisotopic (exact) mass is 180 g/mol. The van der Waals surface area contributed by atoms with Crippen LogP contribution in [0.3, 0.4) is 0 Å². The second-order valence-corrected chi connectivity index (χ2v) is 3.63. The topological polar surface area (TPSA) is 56.7 Å². The highest BCUT2D eigenvalue weighted by Gasteiger charge is 2.20. The van der Waals surface area contributed by atoms with Crippen molar-refractivity contribution in [2.45, 2.75) is 32.7 Å². The van der Waals surface area contributed by atoms with Crippen molar-refractivity contribution in [2.24, 2.45) is 11.7 Å². The normalized spacial score (nSPS) is 21.5. The Morgan fingerprint density at radius 2 is 2.38 bits per heavy atom. The summed E-state index contributed by atoms with van der Waals surface area (Å²) in [6.45, 7) is 3.94. The molecule has 1 atom stereocenters. The Balaban J connectivity index is 2.22. The Bertz CT molecular complexity index is 292. The van der Waals surface area contributed by atoms with E-state index in [0.717, 1.165) is 37.6 Å². The number of aromatic nitrogens is 3. The molecule has 1 aliphatic heterocycles. The van der Waals surface area contributed by atoms with Crippen molar-refractivity contribution in [1.82, 2.24) is 14.8 Å². The van der Waals surface area contributed by atoms with Crippen LogP contribution in [0.2, 0.25) is 0 Å². The smallest absolute Gasteiger partial charge is 0.133 e. The summed E-state index contributed by atoms with van der Waals surface area (Å²) < 4.78 is 2.24. The van der Waals surface area contributed by atoms with E-state index in [1.54, 1.807) is 0 Å². The number of hydrogen-bond donors (Lipinski definition) is 1. The van der Waals surface area contributed by atoms with Crippen LogP contribution in [-0.4, -0.2) is 21.3 Å². The largest absolute Gasteiger partial charge is 0.330 e. The molecule has 13 heavy (non-hydrogen) atoms. The lowest BCUT2D eigenvalue weighted by Gasteiger charge is -2.21. The minimum Gasteiger partial charge on any atom is -0.330 e. The lowest BCUT2D eigenvalue weighted by atomic mass is 9.98. The summed E-state index contributed by atoms with van der Waals surface area (Å²) in [6.07, 6.45) is 3.15. The summed E-state index contributed by atoms with van der Waals surface area (Å²) in [5.74, 6) is 2.85. The van der Waals surface area contributed by atoms with Gasteiger partial charge in [-0.2, -0.15) is 0 Å². The molecule has 72 valence electrons. The Labute approximate surface area is 78.1 Å². The zero-order chi connectivity index (χ0) is 9.26. The highest BCUT2D eigenvalue weighted by molar-refractivity contribution is 5.00. The van der Waals surface area contributed by atoms with Gasteiger partial charge in [-0.15, -0.1) is 10.2 Å². The van der Waals surface area contributed by atoms with E-state index in [0.29, 0.717) is 5.92 Å². The molecule has 2 N–H and O–H groups in total. The fourth-order valence-electron chi connectivity index (χ4n) is 1.92. The maximum atomic E-state index is 5.64. The van der Waals surface area contributed by atoms with Gasteiger partial charge < -0.3 is 10.3 Å². The van der Waals surface area contributed by atoms with Crippen molar-refractivity contribution < 1.29 is 0 Å². The minimum absolute atomic E-state index is 0.612. The molecule has 0 bridgehead atoms. The molecule has 0 aliphatic carbocycles. The van der Waals surface area contributed by atoms with Gasteiger partial charge in [0.15, 0.2) is 0 Å². The van der Waals surface area contributed by atoms with Crippen LogP contribution < -0.4 is 5.73 Å². The number of hydrogen-bond acceptors (Lipinski definition) is 3. The first-order valence-electron chi connectivity index (χ1n) is 4.96. The van der Waals surface area contributed by atoms with Crippen LogP contribution >= 0.6 is 0 Å². The third-order valence-corrected chi connectivity index (χ3v) is 2.79. The molecule has 0 unspecified atom stereocenters. The molecule has 1 aromatic heterocycles. The summed E-state index contributed by atoms with van der Waals surface area (Å²) in [7, 11) is 0. The number of nitrogens with two attached hydrogens (primary N) is 1. The van der Waals surface area contributed by atoms with Crippen LogP contribution in [0.5, 0.6) is 0 Å². The lowest BCUT2D eigenvalue weighted by Crippen LogP contribution is -2.26. The van der Waals surface area contributed by atoms with Gasteiger partial charge in [0.25, 0.3) is 0 Å². The molecule has 0 aromatic carbocycles. The van der Waals surface area contributed by atoms with Crippen LogP contribution in [0.4, 0.5) is 0 Å². The molecule has 4 heteroatoms.